The van der Waals surface area contributed by atoms with Crippen LogP contribution in [-0.2, 0) is 0 Å². The molecule has 6 rings (SSSR count). The van der Waals surface area contributed by atoms with E-state index in [2.05, 4.69) is 61.2 Å². The fourth-order valence-corrected chi connectivity index (χ4v) is 5.05. The van der Waals surface area contributed by atoms with Crippen LogP contribution in [0.1, 0.15) is 47.3 Å². The molecule has 6 nitrogen and oxygen atoms in total. The number of aromatic nitrogens is 6. The quantitative estimate of drug-likeness (QED) is 0.253. The van der Waals surface area contributed by atoms with E-state index in [9.17, 15) is 4.39 Å². The molecule has 8 heteroatoms. The minimum atomic E-state index is -0.340. The van der Waals surface area contributed by atoms with Gasteiger partial charge in [-0.3, -0.25) is 5.10 Å². The van der Waals surface area contributed by atoms with Gasteiger partial charge in [-0.1, -0.05) is 66.6 Å². The van der Waals surface area contributed by atoms with Crippen LogP contribution in [0.25, 0.3) is 34.2 Å². The van der Waals surface area contributed by atoms with Crippen molar-refractivity contribution in [1.29, 1.82) is 0 Å². The van der Waals surface area contributed by atoms with Crippen LogP contribution in [0.4, 0.5) is 4.39 Å². The SMILES string of the molecule is Fc1ccc(/C(=C(\c2ccc(/C=C/c3nnn[nH]3)cc2)c2cccc3[nH]ncc23)C2CCC2)c(Cl)c1. The summed E-state index contributed by atoms with van der Waals surface area (Å²) in [5.41, 5.74) is 7.22. The van der Waals surface area contributed by atoms with Gasteiger partial charge in [0.1, 0.15) is 5.82 Å². The Kier molecular flexibility index (Phi) is 5.91. The molecule has 0 spiro atoms. The van der Waals surface area contributed by atoms with Crippen molar-refractivity contribution in [3.05, 3.63) is 106 Å². The molecule has 3 aromatic carbocycles. The predicted octanol–water partition coefficient (Wildman–Crippen LogP) is 6.80. The standard InChI is InChI=1S/C28H22ClFN6/c29-24-15-20(30)12-13-22(24)28(18-3-1-4-18)27(21-5-2-6-25-23(21)16-31-32-25)19-10-7-17(8-11-19)9-14-26-33-35-36-34-26/h2,5-16,18H,1,3-4H2,(H,31,32)(H,33,34,35,36)/b14-9+,28-27+. The molecule has 1 fully saturated rings. The molecular weight excluding hydrogens is 475 g/mol. The van der Waals surface area contributed by atoms with Gasteiger partial charge in [-0.15, -0.1) is 5.10 Å². The van der Waals surface area contributed by atoms with Gasteiger partial charge in [0.2, 0.25) is 0 Å². The van der Waals surface area contributed by atoms with E-state index >= 15 is 0 Å². The number of H-pyrrole nitrogens is 2. The molecule has 1 saturated carbocycles. The van der Waals surface area contributed by atoms with E-state index in [1.807, 2.05) is 36.5 Å². The summed E-state index contributed by atoms with van der Waals surface area (Å²) in [5.74, 6) is 0.585. The zero-order chi connectivity index (χ0) is 24.5. The number of nitrogens with one attached hydrogen (secondary N) is 2. The summed E-state index contributed by atoms with van der Waals surface area (Å²) in [4.78, 5) is 0. The van der Waals surface area contributed by atoms with Crippen LogP contribution in [0.15, 0.2) is 66.9 Å². The lowest BCUT2D eigenvalue weighted by atomic mass is 9.72. The van der Waals surface area contributed by atoms with Gasteiger partial charge in [0.25, 0.3) is 0 Å². The van der Waals surface area contributed by atoms with Crippen LogP contribution in [0.3, 0.4) is 0 Å². The number of benzene rings is 3. The summed E-state index contributed by atoms with van der Waals surface area (Å²) in [6.07, 6.45) is 8.94. The Hall–Kier alpha value is -4.10. The molecule has 36 heavy (non-hydrogen) atoms. The Balaban J connectivity index is 1.56. The van der Waals surface area contributed by atoms with Gasteiger partial charge in [-0.05, 0) is 86.9 Å². The molecule has 0 bridgehead atoms. The van der Waals surface area contributed by atoms with Crippen molar-refractivity contribution in [1.82, 2.24) is 30.8 Å². The Morgan fingerprint density at radius 1 is 0.972 bits per heavy atom. The monoisotopic (exact) mass is 496 g/mol. The second kappa shape index (κ2) is 9.51. The second-order valence-corrected chi connectivity index (χ2v) is 9.33. The van der Waals surface area contributed by atoms with Crippen LogP contribution in [0.5, 0.6) is 0 Å². The molecule has 0 radical (unpaired) electrons. The molecule has 2 heterocycles. The summed E-state index contributed by atoms with van der Waals surface area (Å²) in [6.45, 7) is 0. The number of hydrogen-bond acceptors (Lipinski definition) is 4. The Morgan fingerprint density at radius 2 is 1.83 bits per heavy atom. The summed E-state index contributed by atoms with van der Waals surface area (Å²) in [7, 11) is 0. The maximum atomic E-state index is 14.0. The zero-order valence-corrected chi connectivity index (χ0v) is 20.0. The van der Waals surface area contributed by atoms with E-state index in [-0.39, 0.29) is 5.82 Å². The molecule has 0 aliphatic heterocycles. The lowest BCUT2D eigenvalue weighted by Gasteiger charge is -2.32. The normalized spacial score (nSPS) is 14.8. The third-order valence-electron chi connectivity index (χ3n) is 6.75. The van der Waals surface area contributed by atoms with Crippen LogP contribution in [-0.4, -0.2) is 30.8 Å². The molecular formula is C28H22ClFN6. The Morgan fingerprint density at radius 3 is 2.56 bits per heavy atom. The smallest absolute Gasteiger partial charge is 0.172 e. The molecule has 0 atom stereocenters. The van der Waals surface area contributed by atoms with Crippen molar-refractivity contribution in [3.63, 3.8) is 0 Å². The topological polar surface area (TPSA) is 83.1 Å². The Labute approximate surface area is 211 Å². The molecule has 178 valence electrons. The van der Waals surface area contributed by atoms with E-state index < -0.39 is 0 Å². The number of fused-ring (bicyclic) bond motifs is 1. The highest BCUT2D eigenvalue weighted by atomic mass is 35.5. The first-order valence-corrected chi connectivity index (χ1v) is 12.2. The maximum absolute atomic E-state index is 14.0. The summed E-state index contributed by atoms with van der Waals surface area (Å²) >= 11 is 6.66. The molecule has 0 unspecified atom stereocenters. The summed E-state index contributed by atoms with van der Waals surface area (Å²) in [6, 6.07) is 19.2. The first kappa shape index (κ1) is 22.4. The third kappa shape index (κ3) is 4.22. The van der Waals surface area contributed by atoms with Gasteiger partial charge in [0.15, 0.2) is 5.82 Å². The number of aromatic amines is 2. The molecule has 1 aliphatic carbocycles. The zero-order valence-electron chi connectivity index (χ0n) is 19.2. The largest absolute Gasteiger partial charge is 0.278 e. The van der Waals surface area contributed by atoms with E-state index in [4.69, 9.17) is 11.6 Å². The lowest BCUT2D eigenvalue weighted by molar-refractivity contribution is 0.401. The van der Waals surface area contributed by atoms with Crippen LogP contribution >= 0.6 is 11.6 Å². The van der Waals surface area contributed by atoms with Crippen molar-refractivity contribution in [2.75, 3.05) is 0 Å². The van der Waals surface area contributed by atoms with E-state index in [0.29, 0.717) is 16.8 Å². The number of tetrazole rings is 1. The molecule has 2 aromatic heterocycles. The average Bonchev–Trinajstić information content (AvgIpc) is 3.55. The van der Waals surface area contributed by atoms with Crippen molar-refractivity contribution in [2.24, 2.45) is 5.92 Å². The molecule has 0 saturated heterocycles. The predicted molar refractivity (Wildman–Crippen MR) is 140 cm³/mol. The molecule has 5 aromatic rings. The summed E-state index contributed by atoms with van der Waals surface area (Å²) < 4.78 is 14.0. The number of allylic oxidation sites excluding steroid dienone is 1. The minimum Gasteiger partial charge on any atom is -0.278 e. The van der Waals surface area contributed by atoms with Gasteiger partial charge in [0, 0.05) is 5.39 Å². The maximum Gasteiger partial charge on any atom is 0.172 e. The summed E-state index contributed by atoms with van der Waals surface area (Å²) in [5, 5.41) is 22.6. The van der Waals surface area contributed by atoms with Crippen molar-refractivity contribution < 1.29 is 4.39 Å². The van der Waals surface area contributed by atoms with Crippen LogP contribution in [0, 0.1) is 11.7 Å². The van der Waals surface area contributed by atoms with Crippen molar-refractivity contribution in [2.45, 2.75) is 19.3 Å². The number of halogens is 2. The highest BCUT2D eigenvalue weighted by Crippen LogP contribution is 2.47. The van der Waals surface area contributed by atoms with Crippen LogP contribution < -0.4 is 0 Å². The fraction of sp³-hybridized carbons (Fsp3) is 0.143. The van der Waals surface area contributed by atoms with Gasteiger partial charge in [0.05, 0.1) is 16.7 Å². The first-order chi connectivity index (χ1) is 17.7. The van der Waals surface area contributed by atoms with Gasteiger partial charge in [-0.2, -0.15) is 5.10 Å². The number of nitrogens with zero attached hydrogens (tertiary/aromatic N) is 4. The average molecular weight is 497 g/mol. The van der Waals surface area contributed by atoms with Gasteiger partial charge in [-0.25, -0.2) is 9.49 Å². The van der Waals surface area contributed by atoms with Gasteiger partial charge >= 0.3 is 0 Å². The molecule has 1 aliphatic rings. The third-order valence-corrected chi connectivity index (χ3v) is 7.07. The van der Waals surface area contributed by atoms with E-state index in [0.717, 1.165) is 63.6 Å². The Bertz CT molecular complexity index is 1580. The first-order valence-electron chi connectivity index (χ1n) is 11.8. The number of rotatable bonds is 6. The minimum absolute atomic E-state index is 0.337. The highest BCUT2D eigenvalue weighted by molar-refractivity contribution is 6.33. The fourth-order valence-electron chi connectivity index (χ4n) is 4.78. The second-order valence-electron chi connectivity index (χ2n) is 8.92. The van der Waals surface area contributed by atoms with E-state index in [1.165, 1.54) is 12.1 Å². The lowest BCUT2D eigenvalue weighted by Crippen LogP contribution is -2.15. The van der Waals surface area contributed by atoms with Gasteiger partial charge < -0.3 is 0 Å². The van der Waals surface area contributed by atoms with Crippen LogP contribution in [0.2, 0.25) is 5.02 Å². The van der Waals surface area contributed by atoms with Crippen molar-refractivity contribution in [3.8, 4) is 0 Å². The molecule has 2 N–H and O–H groups in total. The van der Waals surface area contributed by atoms with E-state index in [1.54, 1.807) is 0 Å². The van der Waals surface area contributed by atoms with Crippen molar-refractivity contribution >= 4 is 45.8 Å². The number of hydrogen-bond donors (Lipinski definition) is 2. The highest BCUT2D eigenvalue weighted by Gasteiger charge is 2.29. The molecule has 0 amide bonds.